The van der Waals surface area contributed by atoms with E-state index in [1.165, 1.54) is 6.42 Å². The Labute approximate surface area is 109 Å². The summed E-state index contributed by atoms with van der Waals surface area (Å²) in [7, 11) is 0. The molecule has 1 aliphatic rings. The molecule has 2 amide bonds. The van der Waals surface area contributed by atoms with Gasteiger partial charge in [0.25, 0.3) is 0 Å². The molecule has 5 nitrogen and oxygen atoms in total. The number of likely N-dealkylation sites (tertiary alicyclic amines) is 1. The molecule has 0 spiro atoms. The third kappa shape index (κ3) is 5.49. The first kappa shape index (κ1) is 15.0. The minimum atomic E-state index is -0.257. The van der Waals surface area contributed by atoms with Crippen molar-refractivity contribution in [3.05, 3.63) is 0 Å². The zero-order valence-electron chi connectivity index (χ0n) is 11.3. The maximum absolute atomic E-state index is 12.1. The molecule has 0 aromatic rings. The van der Waals surface area contributed by atoms with Gasteiger partial charge in [0.1, 0.15) is 0 Å². The van der Waals surface area contributed by atoms with E-state index in [4.69, 9.17) is 5.73 Å². The predicted octanol–water partition coefficient (Wildman–Crippen LogP) is 0.633. The van der Waals surface area contributed by atoms with E-state index in [1.807, 2.05) is 11.8 Å². The van der Waals surface area contributed by atoms with Gasteiger partial charge in [-0.3, -0.25) is 9.59 Å². The highest BCUT2D eigenvalue weighted by Crippen LogP contribution is 2.09. The zero-order chi connectivity index (χ0) is 13.4. The van der Waals surface area contributed by atoms with Crippen molar-refractivity contribution in [1.29, 1.82) is 0 Å². The van der Waals surface area contributed by atoms with Gasteiger partial charge in [0.2, 0.25) is 11.8 Å². The highest BCUT2D eigenvalue weighted by atomic mass is 16.2. The number of hydrogen-bond donors (Lipinski definition) is 2. The van der Waals surface area contributed by atoms with Gasteiger partial charge in [-0.25, -0.2) is 0 Å². The molecule has 0 aromatic heterocycles. The Hall–Kier alpha value is -1.10. The predicted molar refractivity (Wildman–Crippen MR) is 70.9 cm³/mol. The van der Waals surface area contributed by atoms with Gasteiger partial charge in [0.05, 0.1) is 6.04 Å². The smallest absolute Gasteiger partial charge is 0.239 e. The first-order valence-corrected chi connectivity index (χ1v) is 6.91. The average Bonchev–Trinajstić information content (AvgIpc) is 2.38. The lowest BCUT2D eigenvalue weighted by molar-refractivity contribution is -0.134. The number of unbranched alkanes of at least 4 members (excludes halogenated alkanes) is 1. The molecule has 3 N–H and O–H groups in total. The Morgan fingerprint density at radius 1 is 1.22 bits per heavy atom. The van der Waals surface area contributed by atoms with Crippen molar-refractivity contribution < 1.29 is 9.59 Å². The van der Waals surface area contributed by atoms with Crippen LogP contribution in [0.25, 0.3) is 0 Å². The van der Waals surface area contributed by atoms with Crippen LogP contribution in [0.5, 0.6) is 0 Å². The van der Waals surface area contributed by atoms with Crippen LogP contribution in [0, 0.1) is 0 Å². The third-order valence-corrected chi connectivity index (χ3v) is 3.34. The first-order valence-electron chi connectivity index (χ1n) is 6.91. The van der Waals surface area contributed by atoms with Gasteiger partial charge in [0, 0.05) is 19.5 Å². The molecule has 0 radical (unpaired) electrons. The highest BCUT2D eigenvalue weighted by molar-refractivity contribution is 5.81. The van der Waals surface area contributed by atoms with E-state index < -0.39 is 0 Å². The largest absolute Gasteiger partial charge is 0.370 e. The number of rotatable bonds is 7. The standard InChI is InChI=1S/C13H25N3O2/c1-11(15-8-4-3-7-12(14)17)13(18)16-9-5-2-6-10-16/h11,15H,2-10H2,1H3,(H2,14,17). The van der Waals surface area contributed by atoms with Crippen LogP contribution in [-0.2, 0) is 9.59 Å². The molecule has 18 heavy (non-hydrogen) atoms. The molecule has 1 heterocycles. The van der Waals surface area contributed by atoms with Crippen LogP contribution in [0.3, 0.4) is 0 Å². The van der Waals surface area contributed by atoms with Gasteiger partial charge in [-0.1, -0.05) is 0 Å². The molecular formula is C13H25N3O2. The molecule has 5 heteroatoms. The summed E-state index contributed by atoms with van der Waals surface area (Å²) in [6.45, 7) is 4.46. The summed E-state index contributed by atoms with van der Waals surface area (Å²) in [4.78, 5) is 24.6. The number of carbonyl (C=O) groups is 2. The second kappa shape index (κ2) is 8.08. The second-order valence-electron chi connectivity index (χ2n) is 4.99. The monoisotopic (exact) mass is 255 g/mol. The van der Waals surface area contributed by atoms with Gasteiger partial charge < -0.3 is 16.0 Å². The van der Waals surface area contributed by atoms with E-state index in [0.717, 1.165) is 45.3 Å². The Morgan fingerprint density at radius 3 is 2.50 bits per heavy atom. The van der Waals surface area contributed by atoms with E-state index in [0.29, 0.717) is 6.42 Å². The molecular weight excluding hydrogens is 230 g/mol. The van der Waals surface area contributed by atoms with Crippen molar-refractivity contribution in [3.8, 4) is 0 Å². The lowest BCUT2D eigenvalue weighted by Gasteiger charge is -2.29. The Bertz CT molecular complexity index is 275. The number of nitrogens with two attached hydrogens (primary N) is 1. The van der Waals surface area contributed by atoms with Crippen molar-refractivity contribution in [1.82, 2.24) is 10.2 Å². The summed E-state index contributed by atoms with van der Waals surface area (Å²) in [5.74, 6) is -0.0583. The Balaban J connectivity index is 2.13. The molecule has 0 aliphatic carbocycles. The highest BCUT2D eigenvalue weighted by Gasteiger charge is 2.21. The molecule has 1 saturated heterocycles. The van der Waals surface area contributed by atoms with Crippen LogP contribution in [0.2, 0.25) is 0 Å². The fourth-order valence-corrected chi connectivity index (χ4v) is 2.22. The van der Waals surface area contributed by atoms with Crippen LogP contribution in [-0.4, -0.2) is 42.4 Å². The topological polar surface area (TPSA) is 75.4 Å². The number of nitrogens with one attached hydrogen (secondary N) is 1. The van der Waals surface area contributed by atoms with Gasteiger partial charge in [-0.15, -0.1) is 0 Å². The van der Waals surface area contributed by atoms with Crippen LogP contribution in [0.4, 0.5) is 0 Å². The van der Waals surface area contributed by atoms with Crippen molar-refractivity contribution in [2.75, 3.05) is 19.6 Å². The molecule has 1 aliphatic heterocycles. The number of amides is 2. The van der Waals surface area contributed by atoms with Crippen molar-refractivity contribution in [2.45, 2.75) is 51.5 Å². The average molecular weight is 255 g/mol. The minimum absolute atomic E-state index is 0.128. The van der Waals surface area contributed by atoms with Crippen LogP contribution < -0.4 is 11.1 Å². The van der Waals surface area contributed by atoms with Gasteiger partial charge in [-0.2, -0.15) is 0 Å². The number of nitrogens with zero attached hydrogens (tertiary/aromatic N) is 1. The molecule has 0 bridgehead atoms. The molecule has 0 aromatic carbocycles. The fourth-order valence-electron chi connectivity index (χ4n) is 2.22. The van der Waals surface area contributed by atoms with Crippen LogP contribution in [0.15, 0.2) is 0 Å². The quantitative estimate of drug-likeness (QED) is 0.655. The normalized spacial score (nSPS) is 17.5. The van der Waals surface area contributed by atoms with Crippen LogP contribution in [0.1, 0.15) is 45.4 Å². The van der Waals surface area contributed by atoms with Gasteiger partial charge >= 0.3 is 0 Å². The van der Waals surface area contributed by atoms with Gasteiger partial charge in [-0.05, 0) is 45.6 Å². The third-order valence-electron chi connectivity index (χ3n) is 3.34. The number of piperidine rings is 1. The van der Waals surface area contributed by atoms with E-state index in [2.05, 4.69) is 5.32 Å². The summed E-state index contributed by atoms with van der Waals surface area (Å²) < 4.78 is 0. The van der Waals surface area contributed by atoms with Crippen molar-refractivity contribution >= 4 is 11.8 Å². The molecule has 1 fully saturated rings. The summed E-state index contributed by atoms with van der Waals surface area (Å²) in [6.07, 6.45) is 5.57. The Kier molecular flexibility index (Phi) is 6.72. The maximum Gasteiger partial charge on any atom is 0.239 e. The Morgan fingerprint density at radius 2 is 1.89 bits per heavy atom. The lowest BCUT2D eigenvalue weighted by atomic mass is 10.1. The summed E-state index contributed by atoms with van der Waals surface area (Å²) in [5, 5.41) is 3.21. The van der Waals surface area contributed by atoms with Crippen molar-refractivity contribution in [3.63, 3.8) is 0 Å². The molecule has 1 rings (SSSR count). The summed E-state index contributed by atoms with van der Waals surface area (Å²) in [6, 6.07) is -0.128. The molecule has 104 valence electrons. The molecule has 1 unspecified atom stereocenters. The number of carbonyl (C=O) groups excluding carboxylic acids is 2. The molecule has 1 atom stereocenters. The second-order valence-corrected chi connectivity index (χ2v) is 4.99. The van der Waals surface area contributed by atoms with Crippen LogP contribution >= 0.6 is 0 Å². The number of primary amides is 1. The lowest BCUT2D eigenvalue weighted by Crippen LogP contribution is -2.47. The van der Waals surface area contributed by atoms with Gasteiger partial charge in [0.15, 0.2) is 0 Å². The summed E-state index contributed by atoms with van der Waals surface area (Å²) >= 11 is 0. The number of hydrogen-bond acceptors (Lipinski definition) is 3. The van der Waals surface area contributed by atoms with E-state index in [-0.39, 0.29) is 17.9 Å². The van der Waals surface area contributed by atoms with E-state index >= 15 is 0 Å². The maximum atomic E-state index is 12.1. The fraction of sp³-hybridized carbons (Fsp3) is 0.846. The van der Waals surface area contributed by atoms with E-state index in [9.17, 15) is 9.59 Å². The summed E-state index contributed by atoms with van der Waals surface area (Å²) in [5.41, 5.74) is 5.06. The zero-order valence-corrected chi connectivity index (χ0v) is 11.3. The SMILES string of the molecule is CC(NCCCCC(N)=O)C(=O)N1CCCCC1. The molecule has 0 saturated carbocycles. The van der Waals surface area contributed by atoms with Crippen molar-refractivity contribution in [2.24, 2.45) is 5.73 Å². The first-order chi connectivity index (χ1) is 8.61. The minimum Gasteiger partial charge on any atom is -0.370 e. The van der Waals surface area contributed by atoms with E-state index in [1.54, 1.807) is 0 Å².